The molecule has 1 spiro atoms. The van der Waals surface area contributed by atoms with E-state index < -0.39 is 0 Å². The molecule has 0 saturated carbocycles. The molecule has 2 heterocycles. The van der Waals surface area contributed by atoms with Crippen LogP contribution >= 0.6 is 25.6 Å². The highest BCUT2D eigenvalue weighted by Crippen LogP contribution is 2.41. The molecule has 0 radical (unpaired) electrons. The average Bonchev–Trinajstić information content (AvgIpc) is 2.16. The van der Waals surface area contributed by atoms with Crippen LogP contribution in [0.3, 0.4) is 0 Å². The minimum Gasteiger partial charge on any atom is -0.253 e. The SMILES string of the molecule is SN1CCC2(CC1)CCN(S)CC2. The van der Waals surface area contributed by atoms with Crippen molar-refractivity contribution in [1.82, 2.24) is 8.61 Å². The summed E-state index contributed by atoms with van der Waals surface area (Å²) in [6.07, 6.45) is 5.33. The summed E-state index contributed by atoms with van der Waals surface area (Å²) in [6, 6.07) is 0. The fourth-order valence-corrected chi connectivity index (χ4v) is 2.84. The van der Waals surface area contributed by atoms with Gasteiger partial charge in [-0.15, -0.1) is 0 Å². The molecule has 0 aliphatic carbocycles. The fraction of sp³-hybridized carbons (Fsp3) is 1.00. The van der Waals surface area contributed by atoms with Gasteiger partial charge in [-0.05, 0) is 31.1 Å². The van der Waals surface area contributed by atoms with Crippen LogP contribution in [-0.2, 0) is 0 Å². The van der Waals surface area contributed by atoms with Gasteiger partial charge >= 0.3 is 0 Å². The Hall–Kier alpha value is 0.620. The smallest absolute Gasteiger partial charge is 0.00923 e. The molecule has 76 valence electrons. The Morgan fingerprint density at radius 3 is 1.31 bits per heavy atom. The van der Waals surface area contributed by atoms with E-state index in [1.54, 1.807) is 0 Å². The van der Waals surface area contributed by atoms with E-state index in [-0.39, 0.29) is 0 Å². The van der Waals surface area contributed by atoms with Crippen molar-refractivity contribution in [3.63, 3.8) is 0 Å². The molecule has 0 bridgehead atoms. The van der Waals surface area contributed by atoms with Crippen LogP contribution in [0, 0.1) is 5.41 Å². The Labute approximate surface area is 91.7 Å². The van der Waals surface area contributed by atoms with Crippen LogP contribution in [0.4, 0.5) is 0 Å². The Morgan fingerprint density at radius 1 is 0.692 bits per heavy atom. The van der Waals surface area contributed by atoms with E-state index in [1.165, 1.54) is 25.7 Å². The van der Waals surface area contributed by atoms with E-state index in [0.717, 1.165) is 26.2 Å². The van der Waals surface area contributed by atoms with E-state index in [9.17, 15) is 0 Å². The van der Waals surface area contributed by atoms with Crippen LogP contribution in [0.1, 0.15) is 25.7 Å². The molecule has 0 N–H and O–H groups in total. The molecule has 4 heteroatoms. The monoisotopic (exact) mass is 218 g/mol. The first-order valence-electron chi connectivity index (χ1n) is 5.08. The molecular weight excluding hydrogens is 200 g/mol. The molecule has 0 unspecified atom stereocenters. The van der Waals surface area contributed by atoms with Crippen molar-refractivity contribution in [3.8, 4) is 0 Å². The summed E-state index contributed by atoms with van der Waals surface area (Å²) in [4.78, 5) is 0. The number of hydrogen-bond acceptors (Lipinski definition) is 4. The molecule has 2 fully saturated rings. The van der Waals surface area contributed by atoms with Gasteiger partial charge in [0.15, 0.2) is 0 Å². The number of rotatable bonds is 0. The first-order valence-corrected chi connectivity index (χ1v) is 5.88. The predicted octanol–water partition coefficient (Wildman–Crippen LogP) is 1.85. The maximum absolute atomic E-state index is 4.39. The normalized spacial score (nSPS) is 30.9. The third-order valence-electron chi connectivity index (χ3n) is 3.60. The largest absolute Gasteiger partial charge is 0.253 e. The van der Waals surface area contributed by atoms with Crippen molar-refractivity contribution >= 4 is 25.6 Å². The minimum atomic E-state index is 0.637. The van der Waals surface area contributed by atoms with Gasteiger partial charge < -0.3 is 0 Å². The molecule has 0 aromatic rings. The lowest BCUT2D eigenvalue weighted by atomic mass is 9.72. The molecule has 2 saturated heterocycles. The van der Waals surface area contributed by atoms with Gasteiger partial charge in [0, 0.05) is 26.2 Å². The van der Waals surface area contributed by atoms with Crippen LogP contribution in [-0.4, -0.2) is 34.8 Å². The van der Waals surface area contributed by atoms with Crippen molar-refractivity contribution in [2.75, 3.05) is 26.2 Å². The van der Waals surface area contributed by atoms with Gasteiger partial charge in [-0.1, -0.05) is 25.6 Å². The lowest BCUT2D eigenvalue weighted by Gasteiger charge is -2.44. The molecule has 2 nitrogen and oxygen atoms in total. The molecular formula is C9H18N2S2. The van der Waals surface area contributed by atoms with Gasteiger partial charge in [0.05, 0.1) is 0 Å². The second-order valence-corrected chi connectivity index (χ2v) is 5.54. The van der Waals surface area contributed by atoms with Gasteiger partial charge in [-0.3, -0.25) is 8.61 Å². The second-order valence-electron chi connectivity index (χ2n) is 4.41. The van der Waals surface area contributed by atoms with Crippen molar-refractivity contribution in [2.24, 2.45) is 5.41 Å². The third kappa shape index (κ3) is 2.35. The van der Waals surface area contributed by atoms with Gasteiger partial charge in [0.25, 0.3) is 0 Å². The van der Waals surface area contributed by atoms with Crippen molar-refractivity contribution < 1.29 is 0 Å². The molecule has 0 atom stereocenters. The van der Waals surface area contributed by atoms with Gasteiger partial charge in [-0.2, -0.15) is 0 Å². The van der Waals surface area contributed by atoms with E-state index in [0.29, 0.717) is 5.41 Å². The highest BCUT2D eigenvalue weighted by molar-refractivity contribution is 7.77. The molecule has 0 aromatic heterocycles. The van der Waals surface area contributed by atoms with Crippen molar-refractivity contribution in [2.45, 2.75) is 25.7 Å². The van der Waals surface area contributed by atoms with Crippen LogP contribution in [0.5, 0.6) is 0 Å². The maximum atomic E-state index is 4.39. The summed E-state index contributed by atoms with van der Waals surface area (Å²) in [7, 11) is 0. The molecule has 2 aliphatic heterocycles. The van der Waals surface area contributed by atoms with E-state index in [2.05, 4.69) is 34.2 Å². The molecule has 0 aromatic carbocycles. The summed E-state index contributed by atoms with van der Waals surface area (Å²) >= 11 is 8.78. The second kappa shape index (κ2) is 4.01. The van der Waals surface area contributed by atoms with E-state index >= 15 is 0 Å². The topological polar surface area (TPSA) is 6.48 Å². The lowest BCUT2D eigenvalue weighted by Crippen LogP contribution is -2.42. The molecule has 13 heavy (non-hydrogen) atoms. The Balaban J connectivity index is 1.90. The van der Waals surface area contributed by atoms with Crippen molar-refractivity contribution in [3.05, 3.63) is 0 Å². The number of thiol groups is 2. The highest BCUT2D eigenvalue weighted by atomic mass is 32.1. The summed E-state index contributed by atoms with van der Waals surface area (Å²) in [5.41, 5.74) is 0.637. The molecule has 2 aliphatic rings. The number of hydrogen-bond donors (Lipinski definition) is 2. The molecule has 2 rings (SSSR count). The lowest BCUT2D eigenvalue weighted by molar-refractivity contribution is 0.0930. The van der Waals surface area contributed by atoms with Gasteiger partial charge in [0.1, 0.15) is 0 Å². The minimum absolute atomic E-state index is 0.637. The number of piperidine rings is 2. The fourth-order valence-electron chi connectivity index (χ4n) is 2.44. The Bertz CT molecular complexity index is 147. The maximum Gasteiger partial charge on any atom is 0.00923 e. The Morgan fingerprint density at radius 2 is 1.00 bits per heavy atom. The third-order valence-corrected chi connectivity index (χ3v) is 4.40. The summed E-state index contributed by atoms with van der Waals surface area (Å²) in [5, 5.41) is 0. The van der Waals surface area contributed by atoms with E-state index in [4.69, 9.17) is 0 Å². The van der Waals surface area contributed by atoms with E-state index in [1.807, 2.05) is 0 Å². The molecule has 0 amide bonds. The van der Waals surface area contributed by atoms with Gasteiger partial charge in [-0.25, -0.2) is 0 Å². The zero-order valence-corrected chi connectivity index (χ0v) is 9.73. The standard InChI is InChI=1S/C9H18N2S2/c12-10-5-1-9(2-6-10)3-7-11(13)8-4-9/h12-13H,1-8H2. The summed E-state index contributed by atoms with van der Waals surface area (Å²) in [6.45, 7) is 4.65. The highest BCUT2D eigenvalue weighted by Gasteiger charge is 2.36. The quantitative estimate of drug-likeness (QED) is 0.599. The zero-order valence-electron chi connectivity index (χ0n) is 7.95. The number of nitrogens with zero attached hydrogens (tertiary/aromatic N) is 2. The zero-order chi connectivity index (χ0) is 9.31. The van der Waals surface area contributed by atoms with Crippen LogP contribution in [0.2, 0.25) is 0 Å². The van der Waals surface area contributed by atoms with Crippen LogP contribution in [0.25, 0.3) is 0 Å². The first-order chi connectivity index (χ1) is 6.20. The van der Waals surface area contributed by atoms with Crippen molar-refractivity contribution in [1.29, 1.82) is 0 Å². The first kappa shape index (κ1) is 10.1. The predicted molar refractivity (Wildman–Crippen MR) is 62.0 cm³/mol. The van der Waals surface area contributed by atoms with Gasteiger partial charge in [0.2, 0.25) is 0 Å². The average molecular weight is 218 g/mol. The van der Waals surface area contributed by atoms with Crippen LogP contribution < -0.4 is 0 Å². The Kier molecular flexibility index (Phi) is 3.13. The summed E-state index contributed by atoms with van der Waals surface area (Å²) in [5.74, 6) is 0. The summed E-state index contributed by atoms with van der Waals surface area (Å²) < 4.78 is 4.30. The van der Waals surface area contributed by atoms with Crippen LogP contribution in [0.15, 0.2) is 0 Å².